The maximum absolute atomic E-state index is 4.78. The van der Waals surface area contributed by atoms with Gasteiger partial charge in [0.1, 0.15) is 0 Å². The Morgan fingerprint density at radius 3 is 1.93 bits per heavy atom. The molecule has 0 unspecified atom stereocenters. The summed E-state index contributed by atoms with van der Waals surface area (Å²) in [5.41, 5.74) is 9.26. The molecule has 0 spiro atoms. The van der Waals surface area contributed by atoms with Crippen molar-refractivity contribution in [3.63, 3.8) is 0 Å². The number of aromatic nitrogens is 3. The van der Waals surface area contributed by atoms with E-state index >= 15 is 0 Å². The molecule has 6 aromatic carbocycles. The summed E-state index contributed by atoms with van der Waals surface area (Å²) in [6.07, 6.45) is 4.02. The highest BCUT2D eigenvalue weighted by atomic mass is 15.0. The van der Waals surface area contributed by atoms with E-state index in [1.165, 1.54) is 48.9 Å². The van der Waals surface area contributed by atoms with E-state index in [2.05, 4.69) is 149 Å². The van der Waals surface area contributed by atoms with Gasteiger partial charge in [-0.15, -0.1) is 0 Å². The highest BCUT2D eigenvalue weighted by molar-refractivity contribution is 6.16. The maximum atomic E-state index is 4.78. The molecule has 0 saturated heterocycles. The molecule has 0 saturated carbocycles. The first-order valence-corrected chi connectivity index (χ1v) is 14.3. The van der Waals surface area contributed by atoms with Gasteiger partial charge in [-0.05, 0) is 58.8 Å². The molecule has 0 aliphatic heterocycles. The number of para-hydroxylation sites is 3. The number of hydrogen-bond acceptors (Lipinski definition) is 1. The Labute approximate surface area is 242 Å². The van der Waals surface area contributed by atoms with Crippen LogP contribution in [-0.2, 0) is 0 Å². The van der Waals surface area contributed by atoms with E-state index in [1.807, 2.05) is 12.4 Å². The lowest BCUT2D eigenvalue weighted by molar-refractivity contribution is 1.17. The average Bonchev–Trinajstić information content (AvgIpc) is 3.57. The smallest absolute Gasteiger partial charge is 0.0730 e. The molecule has 0 aliphatic carbocycles. The van der Waals surface area contributed by atoms with Crippen molar-refractivity contribution < 1.29 is 0 Å². The zero-order valence-corrected chi connectivity index (χ0v) is 22.8. The largest absolute Gasteiger partial charge is 0.309 e. The monoisotopic (exact) mass is 535 g/mol. The second kappa shape index (κ2) is 8.92. The topological polar surface area (TPSA) is 22.8 Å². The second-order valence-corrected chi connectivity index (χ2v) is 10.9. The summed E-state index contributed by atoms with van der Waals surface area (Å²) in [5, 5.41) is 7.43. The molecule has 3 heterocycles. The van der Waals surface area contributed by atoms with E-state index in [0.717, 1.165) is 28.0 Å². The predicted molar refractivity (Wildman–Crippen MR) is 176 cm³/mol. The van der Waals surface area contributed by atoms with Crippen LogP contribution in [0.25, 0.3) is 76.9 Å². The molecular formula is C39H25N3. The van der Waals surface area contributed by atoms with Gasteiger partial charge >= 0.3 is 0 Å². The normalized spacial score (nSPS) is 11.8. The quantitative estimate of drug-likeness (QED) is 0.221. The average molecular weight is 536 g/mol. The first kappa shape index (κ1) is 23.1. The molecule has 9 aromatic rings. The number of nitrogens with zero attached hydrogens (tertiary/aromatic N) is 3. The van der Waals surface area contributed by atoms with Gasteiger partial charge in [0.15, 0.2) is 0 Å². The third kappa shape index (κ3) is 3.31. The molecule has 3 nitrogen and oxygen atoms in total. The summed E-state index contributed by atoms with van der Waals surface area (Å²) >= 11 is 0. The van der Waals surface area contributed by atoms with Crippen molar-refractivity contribution in [1.29, 1.82) is 0 Å². The van der Waals surface area contributed by atoms with Crippen LogP contribution in [0.3, 0.4) is 0 Å². The number of rotatable bonds is 3. The maximum Gasteiger partial charge on any atom is 0.0730 e. The molecule has 3 heteroatoms. The minimum atomic E-state index is 1.11. The van der Waals surface area contributed by atoms with E-state index in [9.17, 15) is 0 Å². The van der Waals surface area contributed by atoms with E-state index < -0.39 is 0 Å². The van der Waals surface area contributed by atoms with Gasteiger partial charge in [-0.2, -0.15) is 0 Å². The number of fused-ring (bicyclic) bond motifs is 7. The Hall–Kier alpha value is -5.67. The lowest BCUT2D eigenvalue weighted by Crippen LogP contribution is -1.95. The van der Waals surface area contributed by atoms with E-state index in [0.29, 0.717) is 0 Å². The van der Waals surface area contributed by atoms with Crippen LogP contribution in [0.5, 0.6) is 0 Å². The van der Waals surface area contributed by atoms with Crippen molar-refractivity contribution >= 4 is 54.4 Å². The number of benzene rings is 6. The highest BCUT2D eigenvalue weighted by Crippen LogP contribution is 2.40. The Morgan fingerprint density at radius 2 is 1.07 bits per heavy atom. The van der Waals surface area contributed by atoms with Gasteiger partial charge < -0.3 is 9.13 Å². The molecule has 0 bridgehead atoms. The third-order valence-corrected chi connectivity index (χ3v) is 8.57. The molecule has 0 amide bonds. The summed E-state index contributed by atoms with van der Waals surface area (Å²) in [5.74, 6) is 0. The van der Waals surface area contributed by atoms with E-state index in [4.69, 9.17) is 4.98 Å². The van der Waals surface area contributed by atoms with Crippen LogP contribution in [0.1, 0.15) is 0 Å². The molecular weight excluding hydrogens is 510 g/mol. The Morgan fingerprint density at radius 1 is 0.405 bits per heavy atom. The lowest BCUT2D eigenvalue weighted by atomic mass is 10.00. The van der Waals surface area contributed by atoms with Crippen LogP contribution >= 0.6 is 0 Å². The lowest BCUT2D eigenvalue weighted by Gasteiger charge is -2.11. The van der Waals surface area contributed by atoms with Gasteiger partial charge in [-0.3, -0.25) is 4.98 Å². The van der Waals surface area contributed by atoms with Gasteiger partial charge in [0.05, 0.1) is 28.3 Å². The molecule has 0 fully saturated rings. The van der Waals surface area contributed by atoms with Gasteiger partial charge in [0, 0.05) is 44.7 Å². The molecule has 0 aliphatic rings. The molecule has 0 radical (unpaired) electrons. The summed E-state index contributed by atoms with van der Waals surface area (Å²) < 4.78 is 4.73. The first-order chi connectivity index (χ1) is 20.8. The van der Waals surface area contributed by atoms with Crippen molar-refractivity contribution in [3.8, 4) is 22.5 Å². The summed E-state index contributed by atoms with van der Waals surface area (Å²) in [6, 6.07) is 50.1. The van der Waals surface area contributed by atoms with Crippen LogP contribution in [0, 0.1) is 0 Å². The SMILES string of the molecule is c1ccc(-n2c3ccccc3c3c(-c4ccc5c6ccccc6n(-c6ccc7ccccc7c6)c5c4)cncc32)cc1. The van der Waals surface area contributed by atoms with Crippen LogP contribution < -0.4 is 0 Å². The van der Waals surface area contributed by atoms with Gasteiger partial charge in [0.25, 0.3) is 0 Å². The first-order valence-electron chi connectivity index (χ1n) is 14.3. The van der Waals surface area contributed by atoms with Crippen molar-refractivity contribution in [1.82, 2.24) is 14.1 Å². The fraction of sp³-hybridized carbons (Fsp3) is 0. The molecule has 0 atom stereocenters. The standard InChI is InChI=1S/C39H25N3/c1-2-12-29(13-3-1)41-36-17-9-7-15-33(36)39-34(24-40-25-38(39)41)28-19-21-32-31-14-6-8-16-35(31)42(37(32)23-28)30-20-18-26-10-4-5-11-27(26)22-30/h1-25H. The fourth-order valence-electron chi connectivity index (χ4n) is 6.72. The number of hydrogen-bond donors (Lipinski definition) is 0. The Bertz CT molecular complexity index is 2460. The van der Waals surface area contributed by atoms with E-state index in [-0.39, 0.29) is 0 Å². The minimum Gasteiger partial charge on any atom is -0.309 e. The third-order valence-electron chi connectivity index (χ3n) is 8.57. The molecule has 196 valence electrons. The van der Waals surface area contributed by atoms with Gasteiger partial charge in [0.2, 0.25) is 0 Å². The van der Waals surface area contributed by atoms with E-state index in [1.54, 1.807) is 0 Å². The highest BCUT2D eigenvalue weighted by Gasteiger charge is 2.18. The number of pyridine rings is 1. The summed E-state index contributed by atoms with van der Waals surface area (Å²) in [6.45, 7) is 0. The fourth-order valence-corrected chi connectivity index (χ4v) is 6.72. The van der Waals surface area contributed by atoms with Gasteiger partial charge in [-0.25, -0.2) is 0 Å². The van der Waals surface area contributed by atoms with Crippen LogP contribution in [0.2, 0.25) is 0 Å². The van der Waals surface area contributed by atoms with Crippen molar-refractivity contribution in [3.05, 3.63) is 152 Å². The minimum absolute atomic E-state index is 1.11. The van der Waals surface area contributed by atoms with Crippen molar-refractivity contribution in [2.75, 3.05) is 0 Å². The molecule has 0 N–H and O–H groups in total. The second-order valence-electron chi connectivity index (χ2n) is 10.9. The van der Waals surface area contributed by atoms with Gasteiger partial charge in [-0.1, -0.05) is 97.1 Å². The van der Waals surface area contributed by atoms with Crippen LogP contribution in [-0.4, -0.2) is 14.1 Å². The molecule has 42 heavy (non-hydrogen) atoms. The van der Waals surface area contributed by atoms with Crippen LogP contribution in [0.15, 0.2) is 152 Å². The molecule has 9 rings (SSSR count). The van der Waals surface area contributed by atoms with Crippen LogP contribution in [0.4, 0.5) is 0 Å². The summed E-state index contributed by atoms with van der Waals surface area (Å²) in [7, 11) is 0. The van der Waals surface area contributed by atoms with Crippen molar-refractivity contribution in [2.24, 2.45) is 0 Å². The predicted octanol–water partition coefficient (Wildman–Crippen LogP) is 10.1. The molecule has 3 aromatic heterocycles. The Balaban J connectivity index is 1.35. The zero-order chi connectivity index (χ0) is 27.6. The summed E-state index contributed by atoms with van der Waals surface area (Å²) in [4.78, 5) is 4.78. The zero-order valence-electron chi connectivity index (χ0n) is 22.8. The Kier molecular flexibility index (Phi) is 4.90. The van der Waals surface area contributed by atoms with Crippen molar-refractivity contribution in [2.45, 2.75) is 0 Å².